The molecule has 168 valence electrons. The molecule has 0 aliphatic rings. The van der Waals surface area contributed by atoms with Crippen LogP contribution in [0.1, 0.15) is 11.1 Å². The summed E-state index contributed by atoms with van der Waals surface area (Å²) in [4.78, 5) is 39.5. The van der Waals surface area contributed by atoms with Gasteiger partial charge in [-0.2, -0.15) is 5.10 Å². The monoisotopic (exact) mass is 465 g/mol. The van der Waals surface area contributed by atoms with E-state index in [0.29, 0.717) is 22.0 Å². The van der Waals surface area contributed by atoms with Crippen LogP contribution in [0.3, 0.4) is 0 Å². The van der Waals surface area contributed by atoms with Gasteiger partial charge in [0.25, 0.3) is 5.91 Å². The number of benzene rings is 2. The van der Waals surface area contributed by atoms with E-state index in [0.717, 1.165) is 5.56 Å². The largest absolute Gasteiger partial charge is 0.484 e. The van der Waals surface area contributed by atoms with E-state index in [2.05, 4.69) is 26.1 Å². The van der Waals surface area contributed by atoms with Crippen molar-refractivity contribution >= 4 is 41.2 Å². The van der Waals surface area contributed by atoms with E-state index in [1.54, 1.807) is 73.1 Å². The van der Waals surface area contributed by atoms with Gasteiger partial charge in [-0.05, 0) is 53.6 Å². The Balaban J connectivity index is 1.40. The number of hydrazone groups is 1. The number of rotatable bonds is 8. The molecule has 1 aromatic heterocycles. The fraction of sp³-hybridized carbons (Fsp3) is 0.0870. The molecule has 9 nitrogen and oxygen atoms in total. The van der Waals surface area contributed by atoms with Gasteiger partial charge in [-0.1, -0.05) is 29.8 Å². The summed E-state index contributed by atoms with van der Waals surface area (Å²) in [5, 5.41) is 9.34. The maximum atomic E-state index is 12.0. The predicted octanol–water partition coefficient (Wildman–Crippen LogP) is 2.52. The summed E-state index contributed by atoms with van der Waals surface area (Å²) in [5.74, 6) is -1.58. The molecule has 3 rings (SSSR count). The molecule has 0 bridgehead atoms. The average molecular weight is 466 g/mol. The second-order valence-electron chi connectivity index (χ2n) is 6.63. The molecule has 10 heteroatoms. The zero-order valence-electron chi connectivity index (χ0n) is 17.3. The van der Waals surface area contributed by atoms with Crippen molar-refractivity contribution in [3.63, 3.8) is 0 Å². The van der Waals surface area contributed by atoms with E-state index >= 15 is 0 Å². The summed E-state index contributed by atoms with van der Waals surface area (Å²) < 4.78 is 5.45. The normalized spacial score (nSPS) is 10.5. The molecule has 0 aliphatic heterocycles. The fourth-order valence-corrected chi connectivity index (χ4v) is 2.71. The molecule has 0 radical (unpaired) electrons. The number of pyridine rings is 1. The maximum Gasteiger partial charge on any atom is 0.329 e. The average Bonchev–Trinajstić information content (AvgIpc) is 2.84. The van der Waals surface area contributed by atoms with Gasteiger partial charge in [0, 0.05) is 18.9 Å². The van der Waals surface area contributed by atoms with Gasteiger partial charge in [0.1, 0.15) is 5.75 Å². The van der Waals surface area contributed by atoms with E-state index in [-0.39, 0.29) is 19.1 Å². The molecular weight excluding hydrogens is 446 g/mol. The van der Waals surface area contributed by atoms with Crippen LogP contribution in [0.2, 0.25) is 5.02 Å². The molecule has 33 heavy (non-hydrogen) atoms. The topological polar surface area (TPSA) is 122 Å². The number of para-hydroxylation sites is 1. The smallest absolute Gasteiger partial charge is 0.329 e. The third-order valence-corrected chi connectivity index (χ3v) is 4.49. The van der Waals surface area contributed by atoms with Crippen LogP contribution >= 0.6 is 11.6 Å². The van der Waals surface area contributed by atoms with Crippen LogP contribution in [0.15, 0.2) is 78.2 Å². The van der Waals surface area contributed by atoms with Gasteiger partial charge in [-0.25, -0.2) is 5.43 Å². The molecule has 0 saturated heterocycles. The Kier molecular flexibility index (Phi) is 8.49. The molecule has 3 aromatic rings. The summed E-state index contributed by atoms with van der Waals surface area (Å²) in [6, 6.07) is 17.1. The lowest BCUT2D eigenvalue weighted by molar-refractivity contribution is -0.139. The SMILES string of the molecule is O=C(COc1ccc(/C=N\NC(=O)C(=O)NCc2cccnc2)cc1)Nc1ccccc1Cl. The highest BCUT2D eigenvalue weighted by Gasteiger charge is 2.12. The first kappa shape index (κ1) is 23.4. The molecule has 3 amide bonds. The van der Waals surface area contributed by atoms with Crippen molar-refractivity contribution in [1.29, 1.82) is 0 Å². The van der Waals surface area contributed by atoms with Gasteiger partial charge in [-0.15, -0.1) is 0 Å². The van der Waals surface area contributed by atoms with Gasteiger partial charge in [0.05, 0.1) is 16.9 Å². The molecule has 3 N–H and O–H groups in total. The lowest BCUT2D eigenvalue weighted by Gasteiger charge is -2.08. The Hall–Kier alpha value is -4.24. The third kappa shape index (κ3) is 7.75. The fourth-order valence-electron chi connectivity index (χ4n) is 2.53. The number of anilines is 1. The molecule has 0 saturated carbocycles. The van der Waals surface area contributed by atoms with E-state index in [4.69, 9.17) is 16.3 Å². The number of hydrogen-bond acceptors (Lipinski definition) is 6. The second kappa shape index (κ2) is 12.0. The van der Waals surface area contributed by atoms with Gasteiger partial charge < -0.3 is 15.4 Å². The maximum absolute atomic E-state index is 12.0. The molecule has 0 spiro atoms. The molecular formula is C23H20ClN5O4. The van der Waals surface area contributed by atoms with Crippen LogP contribution in [0.4, 0.5) is 5.69 Å². The predicted molar refractivity (Wildman–Crippen MR) is 124 cm³/mol. The minimum atomic E-state index is -0.889. The van der Waals surface area contributed by atoms with Crippen LogP contribution in [-0.4, -0.2) is 35.5 Å². The Morgan fingerprint density at radius 3 is 2.52 bits per heavy atom. The Morgan fingerprint density at radius 1 is 1.00 bits per heavy atom. The first-order chi connectivity index (χ1) is 16.0. The van der Waals surface area contributed by atoms with Crippen molar-refractivity contribution in [1.82, 2.24) is 15.7 Å². The molecule has 0 aliphatic carbocycles. The molecule has 0 atom stereocenters. The van der Waals surface area contributed by atoms with Crippen LogP contribution in [0.25, 0.3) is 0 Å². The zero-order valence-corrected chi connectivity index (χ0v) is 18.1. The van der Waals surface area contributed by atoms with E-state index < -0.39 is 11.8 Å². The van der Waals surface area contributed by atoms with Gasteiger partial charge >= 0.3 is 11.8 Å². The van der Waals surface area contributed by atoms with Crippen LogP contribution in [0.5, 0.6) is 5.75 Å². The summed E-state index contributed by atoms with van der Waals surface area (Å²) in [6.07, 6.45) is 4.58. The van der Waals surface area contributed by atoms with Crippen LogP contribution in [0, 0.1) is 0 Å². The number of nitrogens with zero attached hydrogens (tertiary/aromatic N) is 2. The minimum absolute atomic E-state index is 0.182. The highest BCUT2D eigenvalue weighted by atomic mass is 35.5. The first-order valence-corrected chi connectivity index (χ1v) is 10.2. The summed E-state index contributed by atoms with van der Waals surface area (Å²) in [7, 11) is 0. The number of hydrogen-bond donors (Lipinski definition) is 3. The third-order valence-electron chi connectivity index (χ3n) is 4.16. The summed E-state index contributed by atoms with van der Waals surface area (Å²) >= 11 is 6.00. The van der Waals surface area contributed by atoms with Crippen molar-refractivity contribution in [2.24, 2.45) is 5.10 Å². The highest BCUT2D eigenvalue weighted by molar-refractivity contribution is 6.35. The number of nitrogens with one attached hydrogen (secondary N) is 3. The Morgan fingerprint density at radius 2 is 1.79 bits per heavy atom. The Labute approximate surface area is 194 Å². The number of amides is 3. The minimum Gasteiger partial charge on any atom is -0.484 e. The quantitative estimate of drug-likeness (QED) is 0.268. The van der Waals surface area contributed by atoms with E-state index in [1.807, 2.05) is 0 Å². The Bertz CT molecular complexity index is 1140. The van der Waals surface area contributed by atoms with E-state index in [9.17, 15) is 14.4 Å². The molecule has 0 fully saturated rings. The summed E-state index contributed by atoms with van der Waals surface area (Å²) in [5.41, 5.74) is 4.09. The number of halogens is 1. The van der Waals surface area contributed by atoms with Crippen LogP contribution < -0.4 is 20.8 Å². The molecule has 1 heterocycles. The van der Waals surface area contributed by atoms with Crippen molar-refractivity contribution < 1.29 is 19.1 Å². The first-order valence-electron chi connectivity index (χ1n) is 9.78. The number of carbonyl (C=O) groups excluding carboxylic acids is 3. The summed E-state index contributed by atoms with van der Waals surface area (Å²) in [6.45, 7) is -0.00937. The van der Waals surface area contributed by atoms with Crippen molar-refractivity contribution in [2.45, 2.75) is 6.54 Å². The standard InChI is InChI=1S/C23H20ClN5O4/c24-19-5-1-2-6-20(19)28-21(30)15-33-18-9-7-16(8-10-18)14-27-29-23(32)22(31)26-13-17-4-3-11-25-12-17/h1-12,14H,13,15H2,(H,26,31)(H,28,30)(H,29,32)/b27-14-. The highest BCUT2D eigenvalue weighted by Crippen LogP contribution is 2.20. The number of carbonyl (C=O) groups is 3. The van der Waals surface area contributed by atoms with Gasteiger partial charge in [-0.3, -0.25) is 19.4 Å². The molecule has 2 aromatic carbocycles. The van der Waals surface area contributed by atoms with Crippen molar-refractivity contribution in [2.75, 3.05) is 11.9 Å². The van der Waals surface area contributed by atoms with Crippen molar-refractivity contribution in [3.8, 4) is 5.75 Å². The number of ether oxygens (including phenoxy) is 1. The lowest BCUT2D eigenvalue weighted by atomic mass is 10.2. The zero-order chi connectivity index (χ0) is 23.5. The van der Waals surface area contributed by atoms with Crippen molar-refractivity contribution in [3.05, 3.63) is 89.2 Å². The number of aromatic nitrogens is 1. The van der Waals surface area contributed by atoms with Gasteiger partial charge in [0.2, 0.25) is 0 Å². The lowest BCUT2D eigenvalue weighted by Crippen LogP contribution is -2.37. The second-order valence-corrected chi connectivity index (χ2v) is 7.04. The van der Waals surface area contributed by atoms with Crippen LogP contribution in [-0.2, 0) is 20.9 Å². The van der Waals surface area contributed by atoms with E-state index in [1.165, 1.54) is 6.21 Å². The molecule has 0 unspecified atom stereocenters. The van der Waals surface area contributed by atoms with Gasteiger partial charge in [0.15, 0.2) is 6.61 Å².